The number of alkyl halides is 2. The summed E-state index contributed by atoms with van der Waals surface area (Å²) in [4.78, 5) is 17.9. The first-order chi connectivity index (χ1) is 11.4. The van der Waals surface area contributed by atoms with Crippen LogP contribution in [0.4, 0.5) is 8.78 Å². The summed E-state index contributed by atoms with van der Waals surface area (Å²) in [5.41, 5.74) is 0.985. The normalized spacial score (nSPS) is 11.4. The zero-order valence-electron chi connectivity index (χ0n) is 13.3. The van der Waals surface area contributed by atoms with Crippen molar-refractivity contribution in [1.29, 1.82) is 0 Å². The minimum absolute atomic E-state index is 0.130. The molecule has 0 aromatic carbocycles. The molecular formula is C16H15F2N3O2S. The third-order valence-corrected chi connectivity index (χ3v) is 4.67. The molecule has 0 radical (unpaired) electrons. The van der Waals surface area contributed by atoms with Crippen molar-refractivity contribution in [2.24, 2.45) is 0 Å². The Morgan fingerprint density at radius 2 is 2.12 bits per heavy atom. The zero-order valence-corrected chi connectivity index (χ0v) is 14.2. The van der Waals surface area contributed by atoms with Crippen LogP contribution in [0.2, 0.25) is 0 Å². The van der Waals surface area contributed by atoms with Crippen LogP contribution >= 0.6 is 11.3 Å². The summed E-state index contributed by atoms with van der Waals surface area (Å²) >= 11 is 1.47. The van der Waals surface area contributed by atoms with E-state index in [0.29, 0.717) is 11.4 Å². The first-order valence-corrected chi connectivity index (χ1v) is 8.02. The number of nitrogens with zero attached hydrogens (tertiary/aromatic N) is 3. The molecule has 0 aliphatic carbocycles. The first kappa shape index (κ1) is 16.5. The van der Waals surface area contributed by atoms with Crippen molar-refractivity contribution in [1.82, 2.24) is 14.8 Å². The van der Waals surface area contributed by atoms with Crippen molar-refractivity contribution in [3.63, 3.8) is 0 Å². The van der Waals surface area contributed by atoms with E-state index in [1.165, 1.54) is 29.2 Å². The number of thiophene rings is 1. The summed E-state index contributed by atoms with van der Waals surface area (Å²) in [6, 6.07) is 5.15. The van der Waals surface area contributed by atoms with Gasteiger partial charge in [-0.05, 0) is 32.0 Å². The number of hydrogen-bond donors (Lipinski definition) is 0. The van der Waals surface area contributed by atoms with Crippen LogP contribution < -0.4 is 0 Å². The molecule has 0 spiro atoms. The smallest absolute Gasteiger partial charge is 0.327 e. The van der Waals surface area contributed by atoms with Crippen LogP contribution in [0.3, 0.4) is 0 Å². The average Bonchev–Trinajstić information content (AvgIpc) is 3.11. The van der Waals surface area contributed by atoms with Crippen molar-refractivity contribution < 1.29 is 18.3 Å². The maximum Gasteiger partial charge on any atom is 0.327 e. The standard InChI is InChI=1S/C16H15F2N3O2S/c1-8-4-5-12(24-8)11-6-10(15(17)18)14-9(2)20-21(16(14)19-11)7-13(22)23-3/h4-6,15H,7H2,1-3H3. The van der Waals surface area contributed by atoms with E-state index >= 15 is 0 Å². The molecule has 5 nitrogen and oxygen atoms in total. The fourth-order valence-electron chi connectivity index (χ4n) is 2.55. The van der Waals surface area contributed by atoms with E-state index in [1.807, 2.05) is 19.1 Å². The molecule has 0 fully saturated rings. The summed E-state index contributed by atoms with van der Waals surface area (Å²) in [5, 5.41) is 4.47. The molecule has 0 aliphatic rings. The van der Waals surface area contributed by atoms with Gasteiger partial charge in [-0.2, -0.15) is 5.10 Å². The van der Waals surface area contributed by atoms with Gasteiger partial charge < -0.3 is 4.74 Å². The highest BCUT2D eigenvalue weighted by Crippen LogP contribution is 2.35. The molecule has 0 saturated carbocycles. The maximum absolute atomic E-state index is 13.6. The van der Waals surface area contributed by atoms with Crippen molar-refractivity contribution in [3.8, 4) is 10.6 Å². The van der Waals surface area contributed by atoms with Crippen LogP contribution in [-0.4, -0.2) is 27.8 Å². The van der Waals surface area contributed by atoms with Gasteiger partial charge in [0.25, 0.3) is 6.43 Å². The SMILES string of the molecule is COC(=O)Cn1nc(C)c2c(C(F)F)cc(-c3ccc(C)s3)nc21. The van der Waals surface area contributed by atoms with Crippen molar-refractivity contribution in [2.45, 2.75) is 26.8 Å². The quantitative estimate of drug-likeness (QED) is 0.669. The number of esters is 1. The number of halogens is 2. The molecular weight excluding hydrogens is 336 g/mol. The van der Waals surface area contributed by atoms with Crippen LogP contribution in [0, 0.1) is 13.8 Å². The lowest BCUT2D eigenvalue weighted by molar-refractivity contribution is -0.141. The fraction of sp³-hybridized carbons (Fsp3) is 0.312. The number of methoxy groups -OCH3 is 1. The molecule has 126 valence electrons. The summed E-state index contributed by atoms with van der Waals surface area (Å²) in [6.07, 6.45) is -2.66. The molecule has 3 aromatic rings. The van der Waals surface area contributed by atoms with Gasteiger partial charge in [-0.15, -0.1) is 11.3 Å². The van der Waals surface area contributed by atoms with Gasteiger partial charge in [-0.3, -0.25) is 4.79 Å². The lowest BCUT2D eigenvalue weighted by Crippen LogP contribution is -2.13. The Labute approximate surface area is 140 Å². The van der Waals surface area contributed by atoms with Gasteiger partial charge in [-0.1, -0.05) is 0 Å². The highest BCUT2D eigenvalue weighted by Gasteiger charge is 2.22. The monoisotopic (exact) mass is 351 g/mol. The minimum atomic E-state index is -2.66. The van der Waals surface area contributed by atoms with E-state index in [-0.39, 0.29) is 23.1 Å². The molecule has 0 N–H and O–H groups in total. The number of aryl methyl sites for hydroxylation is 2. The topological polar surface area (TPSA) is 57.0 Å². The number of aromatic nitrogens is 3. The van der Waals surface area contributed by atoms with Gasteiger partial charge in [0.1, 0.15) is 6.54 Å². The number of carbonyl (C=O) groups excluding carboxylic acids is 1. The molecule has 8 heteroatoms. The molecule has 0 aliphatic heterocycles. The van der Waals surface area contributed by atoms with Crippen LogP contribution in [0.5, 0.6) is 0 Å². The van der Waals surface area contributed by atoms with E-state index in [2.05, 4.69) is 14.8 Å². The number of carbonyl (C=O) groups is 1. The number of fused-ring (bicyclic) bond motifs is 1. The predicted molar refractivity (Wildman–Crippen MR) is 87.3 cm³/mol. The Hall–Kier alpha value is -2.35. The average molecular weight is 351 g/mol. The molecule has 3 aromatic heterocycles. The van der Waals surface area contributed by atoms with Crippen molar-refractivity contribution in [3.05, 3.63) is 34.3 Å². The van der Waals surface area contributed by atoms with Crippen LogP contribution in [0.15, 0.2) is 18.2 Å². The second kappa shape index (κ2) is 6.27. The van der Waals surface area contributed by atoms with Crippen LogP contribution in [0.25, 0.3) is 21.6 Å². The van der Waals surface area contributed by atoms with Gasteiger partial charge in [0.2, 0.25) is 0 Å². The zero-order chi connectivity index (χ0) is 17.4. The Morgan fingerprint density at radius 1 is 1.38 bits per heavy atom. The number of rotatable bonds is 4. The van der Waals surface area contributed by atoms with Gasteiger partial charge >= 0.3 is 5.97 Å². The van der Waals surface area contributed by atoms with Crippen molar-refractivity contribution >= 4 is 28.3 Å². The van der Waals surface area contributed by atoms with Gasteiger partial charge in [-0.25, -0.2) is 18.4 Å². The Kier molecular flexibility index (Phi) is 4.31. The molecule has 24 heavy (non-hydrogen) atoms. The Balaban J connectivity index is 2.25. The number of pyridine rings is 1. The third kappa shape index (κ3) is 2.89. The number of hydrogen-bond acceptors (Lipinski definition) is 5. The Morgan fingerprint density at radius 3 is 2.71 bits per heavy atom. The third-order valence-electron chi connectivity index (χ3n) is 3.64. The molecule has 0 saturated heterocycles. The fourth-order valence-corrected chi connectivity index (χ4v) is 3.38. The lowest BCUT2D eigenvalue weighted by Gasteiger charge is -2.07. The molecule has 3 heterocycles. The van der Waals surface area contributed by atoms with Gasteiger partial charge in [0, 0.05) is 10.4 Å². The second-order valence-electron chi connectivity index (χ2n) is 5.33. The second-order valence-corrected chi connectivity index (χ2v) is 6.61. The highest BCUT2D eigenvalue weighted by molar-refractivity contribution is 7.15. The minimum Gasteiger partial charge on any atom is -0.468 e. The van der Waals surface area contributed by atoms with E-state index in [4.69, 9.17) is 0 Å². The largest absolute Gasteiger partial charge is 0.468 e. The molecule has 0 atom stereocenters. The van der Waals surface area contributed by atoms with Crippen LogP contribution in [-0.2, 0) is 16.1 Å². The summed E-state index contributed by atoms with van der Waals surface area (Å²) in [5.74, 6) is -0.517. The lowest BCUT2D eigenvalue weighted by atomic mass is 10.1. The van der Waals surface area contributed by atoms with Crippen molar-refractivity contribution in [2.75, 3.05) is 7.11 Å². The van der Waals surface area contributed by atoms with E-state index in [0.717, 1.165) is 9.75 Å². The van der Waals surface area contributed by atoms with E-state index in [1.54, 1.807) is 6.92 Å². The maximum atomic E-state index is 13.6. The van der Waals surface area contributed by atoms with Gasteiger partial charge in [0.05, 0.1) is 28.8 Å². The summed E-state index contributed by atoms with van der Waals surface area (Å²) < 4.78 is 33.1. The van der Waals surface area contributed by atoms with E-state index in [9.17, 15) is 13.6 Å². The summed E-state index contributed by atoms with van der Waals surface area (Å²) in [6.45, 7) is 3.38. The molecule has 0 unspecified atom stereocenters. The number of ether oxygens (including phenoxy) is 1. The molecule has 0 bridgehead atoms. The van der Waals surface area contributed by atoms with Crippen LogP contribution in [0.1, 0.15) is 22.6 Å². The highest BCUT2D eigenvalue weighted by atomic mass is 32.1. The molecule has 0 amide bonds. The van der Waals surface area contributed by atoms with E-state index < -0.39 is 12.4 Å². The summed E-state index contributed by atoms with van der Waals surface area (Å²) in [7, 11) is 1.26. The first-order valence-electron chi connectivity index (χ1n) is 7.20. The molecule has 3 rings (SSSR count). The van der Waals surface area contributed by atoms with Gasteiger partial charge in [0.15, 0.2) is 5.65 Å². The Bertz CT molecular complexity index is 918. The predicted octanol–water partition coefficient (Wildman–Crippen LogP) is 3.89.